The molecule has 1 heterocycles. The van der Waals surface area contributed by atoms with Crippen LogP contribution in [-0.2, 0) is 9.59 Å². The molecule has 0 bridgehead atoms. The molecule has 0 fully saturated rings. The zero-order valence-electron chi connectivity index (χ0n) is 20.7. The molecule has 0 aliphatic rings. The van der Waals surface area contributed by atoms with Crippen molar-refractivity contribution in [1.29, 1.82) is 0 Å². The smallest absolute Gasteiger partial charge is 0.247 e. The van der Waals surface area contributed by atoms with E-state index < -0.39 is 0 Å². The molecule has 1 aromatic heterocycles. The second-order valence-corrected chi connectivity index (χ2v) is 9.28. The van der Waals surface area contributed by atoms with Gasteiger partial charge < -0.3 is 15.0 Å². The summed E-state index contributed by atoms with van der Waals surface area (Å²) in [6, 6.07) is 26.7. The van der Waals surface area contributed by atoms with Crippen molar-refractivity contribution in [2.24, 2.45) is 0 Å². The van der Waals surface area contributed by atoms with Crippen molar-refractivity contribution in [1.82, 2.24) is 15.1 Å². The average Bonchev–Trinajstić information content (AvgIpc) is 3.41. The first kappa shape index (κ1) is 25.8. The molecule has 4 aromatic rings. The molecule has 0 aliphatic carbocycles. The molecular weight excluding hydrogens is 484 g/mol. The van der Waals surface area contributed by atoms with Crippen LogP contribution < -0.4 is 10.1 Å². The first-order valence-corrected chi connectivity index (χ1v) is 12.7. The first-order chi connectivity index (χ1) is 18.0. The minimum absolute atomic E-state index is 0.121. The number of nitrogens with one attached hydrogen (secondary N) is 1. The topological polar surface area (TPSA) is 84.4 Å². The van der Waals surface area contributed by atoms with Crippen molar-refractivity contribution in [3.63, 3.8) is 0 Å². The average molecular weight is 513 g/mol. The molecule has 188 valence electrons. The number of hydrogen-bond acceptors (Lipinski definition) is 6. The Morgan fingerprint density at radius 2 is 1.73 bits per heavy atom. The Labute approximate surface area is 220 Å². The van der Waals surface area contributed by atoms with Crippen molar-refractivity contribution in [2.45, 2.75) is 19.4 Å². The highest BCUT2D eigenvalue weighted by Gasteiger charge is 2.21. The fourth-order valence-electron chi connectivity index (χ4n) is 3.78. The highest BCUT2D eigenvalue weighted by atomic mass is 32.1. The van der Waals surface area contributed by atoms with Crippen molar-refractivity contribution < 1.29 is 14.3 Å². The number of anilines is 1. The zero-order chi connectivity index (χ0) is 26.0. The lowest BCUT2D eigenvalue weighted by Crippen LogP contribution is -2.35. The van der Waals surface area contributed by atoms with Crippen LogP contribution in [0.4, 0.5) is 5.13 Å². The lowest BCUT2D eigenvalue weighted by atomic mass is 10.1. The van der Waals surface area contributed by atoms with Gasteiger partial charge in [0.2, 0.25) is 16.9 Å². The fourth-order valence-corrected chi connectivity index (χ4v) is 4.54. The fraction of sp³-hybridized carbons (Fsp3) is 0.172. The summed E-state index contributed by atoms with van der Waals surface area (Å²) in [4.78, 5) is 27.7. The summed E-state index contributed by atoms with van der Waals surface area (Å²) < 4.78 is 5.26. The van der Waals surface area contributed by atoms with Gasteiger partial charge in [0.05, 0.1) is 13.2 Å². The third-order valence-electron chi connectivity index (χ3n) is 5.82. The van der Waals surface area contributed by atoms with E-state index in [0.717, 1.165) is 22.4 Å². The number of aromatic nitrogens is 2. The summed E-state index contributed by atoms with van der Waals surface area (Å²) in [5, 5.41) is 12.2. The summed E-state index contributed by atoms with van der Waals surface area (Å²) >= 11 is 1.28. The van der Waals surface area contributed by atoms with Gasteiger partial charge in [-0.05, 0) is 36.3 Å². The maximum atomic E-state index is 13.2. The van der Waals surface area contributed by atoms with E-state index >= 15 is 0 Å². The van der Waals surface area contributed by atoms with Crippen molar-refractivity contribution in [3.05, 3.63) is 102 Å². The van der Waals surface area contributed by atoms with Crippen LogP contribution in [0.15, 0.2) is 91.0 Å². The summed E-state index contributed by atoms with van der Waals surface area (Å²) in [6.07, 6.45) is 3.46. The van der Waals surface area contributed by atoms with Gasteiger partial charge >= 0.3 is 0 Å². The van der Waals surface area contributed by atoms with Gasteiger partial charge in [0, 0.05) is 24.6 Å². The van der Waals surface area contributed by atoms with Gasteiger partial charge in [0.25, 0.3) is 0 Å². The molecule has 0 saturated heterocycles. The van der Waals surface area contributed by atoms with Crippen molar-refractivity contribution in [3.8, 4) is 16.3 Å². The van der Waals surface area contributed by atoms with Crippen LogP contribution in [0.5, 0.6) is 5.75 Å². The Bertz CT molecular complexity index is 1360. The molecule has 1 unspecified atom stereocenters. The molecule has 4 rings (SSSR count). The summed E-state index contributed by atoms with van der Waals surface area (Å²) in [7, 11) is 1.61. The van der Waals surface area contributed by atoms with Crippen LogP contribution >= 0.6 is 11.3 Å². The lowest BCUT2D eigenvalue weighted by molar-refractivity contribution is -0.128. The Balaban J connectivity index is 1.42. The van der Waals surface area contributed by atoms with E-state index in [4.69, 9.17) is 4.74 Å². The van der Waals surface area contributed by atoms with E-state index in [1.165, 1.54) is 11.3 Å². The van der Waals surface area contributed by atoms with Gasteiger partial charge in [-0.15, -0.1) is 10.2 Å². The van der Waals surface area contributed by atoms with E-state index in [0.29, 0.717) is 10.1 Å². The number of carbonyl (C=O) groups excluding carboxylic acids is 2. The Morgan fingerprint density at radius 1 is 1.00 bits per heavy atom. The molecular formula is C29H28N4O3S. The molecule has 8 heteroatoms. The minimum atomic E-state index is -0.238. The number of amides is 2. The van der Waals surface area contributed by atoms with E-state index in [-0.39, 0.29) is 30.8 Å². The third kappa shape index (κ3) is 7.11. The Morgan fingerprint density at radius 3 is 2.46 bits per heavy atom. The summed E-state index contributed by atoms with van der Waals surface area (Å²) in [6.45, 7) is 2.22. The molecule has 37 heavy (non-hydrogen) atoms. The van der Waals surface area contributed by atoms with Gasteiger partial charge in [0.1, 0.15) is 10.8 Å². The first-order valence-electron chi connectivity index (χ1n) is 11.9. The number of rotatable bonds is 10. The highest BCUT2D eigenvalue weighted by molar-refractivity contribution is 7.18. The number of carbonyl (C=O) groups is 2. The van der Waals surface area contributed by atoms with Gasteiger partial charge in [-0.3, -0.25) is 9.59 Å². The predicted molar refractivity (Wildman–Crippen MR) is 147 cm³/mol. The minimum Gasteiger partial charge on any atom is -0.497 e. The molecule has 3 aromatic carbocycles. The van der Waals surface area contributed by atoms with Gasteiger partial charge in [-0.25, -0.2) is 0 Å². The van der Waals surface area contributed by atoms with Crippen molar-refractivity contribution >= 4 is 34.4 Å². The molecule has 0 spiro atoms. The lowest BCUT2D eigenvalue weighted by Gasteiger charge is -2.28. The number of hydrogen-bond donors (Lipinski definition) is 1. The molecule has 0 saturated carbocycles. The van der Waals surface area contributed by atoms with Gasteiger partial charge in [-0.2, -0.15) is 0 Å². The highest BCUT2D eigenvalue weighted by Crippen LogP contribution is 2.29. The molecule has 0 aliphatic heterocycles. The standard InChI is InChI=1S/C29H28N4O3S/c1-21(23-12-7-4-8-13-23)33(27(35)17-16-22-10-5-3-6-11-22)19-18-26(34)30-29-32-31-28(37-29)24-14-9-15-25(20-24)36-2/h3-17,20-21H,18-19H2,1-2H3,(H,30,32,34)/b17-16+. The van der Waals surface area contributed by atoms with Crippen LogP contribution in [0.25, 0.3) is 16.6 Å². The van der Waals surface area contributed by atoms with Crippen LogP contribution in [0.1, 0.15) is 30.5 Å². The largest absolute Gasteiger partial charge is 0.497 e. The SMILES string of the molecule is COc1cccc(-c2nnc(NC(=O)CCN(C(=O)/C=C/c3ccccc3)C(C)c3ccccc3)s2)c1. The summed E-state index contributed by atoms with van der Waals surface area (Å²) in [5.41, 5.74) is 2.79. The maximum absolute atomic E-state index is 13.2. The van der Waals surface area contributed by atoms with Crippen LogP contribution in [0.2, 0.25) is 0 Å². The van der Waals surface area contributed by atoms with Crippen molar-refractivity contribution in [2.75, 3.05) is 19.0 Å². The number of nitrogens with zero attached hydrogens (tertiary/aromatic N) is 3. The second-order valence-electron chi connectivity index (χ2n) is 8.30. The molecule has 1 N–H and O–H groups in total. The van der Waals surface area contributed by atoms with E-state index in [1.807, 2.05) is 91.9 Å². The number of ether oxygens (including phenoxy) is 1. The molecule has 0 radical (unpaired) electrons. The van der Waals surface area contributed by atoms with E-state index in [9.17, 15) is 9.59 Å². The zero-order valence-corrected chi connectivity index (χ0v) is 21.5. The second kappa shape index (κ2) is 12.6. The van der Waals surface area contributed by atoms with E-state index in [2.05, 4.69) is 15.5 Å². The number of methoxy groups -OCH3 is 1. The Hall–Kier alpha value is -4.30. The summed E-state index contributed by atoms with van der Waals surface area (Å²) in [5.74, 6) is 0.319. The van der Waals surface area contributed by atoms with Crippen LogP contribution in [-0.4, -0.2) is 40.6 Å². The maximum Gasteiger partial charge on any atom is 0.247 e. The van der Waals surface area contributed by atoms with Crippen LogP contribution in [0.3, 0.4) is 0 Å². The normalized spacial score (nSPS) is 11.7. The van der Waals surface area contributed by atoms with Gasteiger partial charge in [0.15, 0.2) is 0 Å². The third-order valence-corrected chi connectivity index (χ3v) is 6.71. The molecule has 2 amide bonds. The number of benzene rings is 3. The van der Waals surface area contributed by atoms with Gasteiger partial charge in [-0.1, -0.05) is 84.1 Å². The Kier molecular flexibility index (Phi) is 8.78. The predicted octanol–water partition coefficient (Wildman–Crippen LogP) is 5.85. The van der Waals surface area contributed by atoms with Crippen LogP contribution in [0, 0.1) is 0 Å². The molecule has 7 nitrogen and oxygen atoms in total. The van der Waals surface area contributed by atoms with E-state index in [1.54, 1.807) is 24.2 Å². The molecule has 1 atom stereocenters. The monoisotopic (exact) mass is 512 g/mol. The quantitative estimate of drug-likeness (QED) is 0.270.